The summed E-state index contributed by atoms with van der Waals surface area (Å²) in [6.07, 6.45) is 1.78. The zero-order valence-electron chi connectivity index (χ0n) is 11.7. The monoisotopic (exact) mass is 255 g/mol. The Bertz CT molecular complexity index is 388. The molecule has 0 aliphatic rings. The van der Waals surface area contributed by atoms with Crippen LogP contribution in [0.2, 0.25) is 0 Å². The summed E-state index contributed by atoms with van der Waals surface area (Å²) in [4.78, 5) is 0. The van der Waals surface area contributed by atoms with Crippen molar-refractivity contribution in [3.8, 4) is 0 Å². The van der Waals surface area contributed by atoms with Crippen LogP contribution in [0.1, 0.15) is 50.8 Å². The molecule has 18 heavy (non-hydrogen) atoms. The summed E-state index contributed by atoms with van der Waals surface area (Å²) < 4.78 is 27.6. The van der Waals surface area contributed by atoms with E-state index in [1.165, 1.54) is 0 Å². The molecule has 1 rings (SSSR count). The van der Waals surface area contributed by atoms with Crippen molar-refractivity contribution in [3.63, 3.8) is 0 Å². The average Bonchev–Trinajstić information content (AvgIpc) is 2.31. The molecular formula is C15H23F2N. The smallest absolute Gasteiger partial charge is 0.163 e. The second-order valence-electron chi connectivity index (χ2n) is 5.24. The predicted octanol–water partition coefficient (Wildman–Crippen LogP) is 4.36. The van der Waals surface area contributed by atoms with Gasteiger partial charge in [0.1, 0.15) is 0 Å². The maximum absolute atomic E-state index is 14.0. The van der Waals surface area contributed by atoms with Gasteiger partial charge >= 0.3 is 0 Å². The summed E-state index contributed by atoms with van der Waals surface area (Å²) in [7, 11) is 0. The highest BCUT2D eigenvalue weighted by molar-refractivity contribution is 5.28. The minimum atomic E-state index is -0.723. The first-order valence-corrected chi connectivity index (χ1v) is 6.65. The molecular weight excluding hydrogens is 232 g/mol. The van der Waals surface area contributed by atoms with E-state index in [4.69, 9.17) is 0 Å². The van der Waals surface area contributed by atoms with E-state index in [-0.39, 0.29) is 6.04 Å². The molecule has 0 aromatic heterocycles. The van der Waals surface area contributed by atoms with E-state index in [0.29, 0.717) is 17.0 Å². The first kappa shape index (κ1) is 15.1. The van der Waals surface area contributed by atoms with Gasteiger partial charge in [-0.25, -0.2) is 8.78 Å². The van der Waals surface area contributed by atoms with Crippen LogP contribution in [0.5, 0.6) is 0 Å². The third-order valence-corrected chi connectivity index (χ3v) is 3.03. The van der Waals surface area contributed by atoms with Gasteiger partial charge in [0.2, 0.25) is 0 Å². The molecule has 1 nitrogen and oxygen atoms in total. The van der Waals surface area contributed by atoms with Gasteiger partial charge in [0, 0.05) is 11.6 Å². The van der Waals surface area contributed by atoms with Gasteiger partial charge in [0.05, 0.1) is 0 Å². The van der Waals surface area contributed by atoms with E-state index in [2.05, 4.69) is 26.1 Å². The van der Waals surface area contributed by atoms with Crippen LogP contribution in [0.3, 0.4) is 0 Å². The van der Waals surface area contributed by atoms with Crippen molar-refractivity contribution < 1.29 is 8.78 Å². The highest BCUT2D eigenvalue weighted by Crippen LogP contribution is 2.26. The van der Waals surface area contributed by atoms with Gasteiger partial charge in [-0.05, 0) is 37.8 Å². The van der Waals surface area contributed by atoms with Crippen LogP contribution in [0.4, 0.5) is 8.78 Å². The van der Waals surface area contributed by atoms with Crippen molar-refractivity contribution in [1.29, 1.82) is 0 Å². The predicted molar refractivity (Wildman–Crippen MR) is 71.6 cm³/mol. The topological polar surface area (TPSA) is 12.0 Å². The fourth-order valence-corrected chi connectivity index (χ4v) is 2.04. The second kappa shape index (κ2) is 6.83. The molecule has 0 amide bonds. The molecule has 0 aliphatic carbocycles. The molecule has 1 N–H and O–H groups in total. The SMILES string of the molecule is CCCNC(CC(C)C)c1ccc(C)c(F)c1F. The zero-order chi connectivity index (χ0) is 13.7. The highest BCUT2D eigenvalue weighted by Gasteiger charge is 2.19. The molecule has 0 saturated carbocycles. The molecule has 102 valence electrons. The van der Waals surface area contributed by atoms with Crippen molar-refractivity contribution >= 4 is 0 Å². The second-order valence-corrected chi connectivity index (χ2v) is 5.24. The van der Waals surface area contributed by atoms with Gasteiger partial charge in [-0.1, -0.05) is 32.9 Å². The minimum absolute atomic E-state index is 0.111. The molecule has 3 heteroatoms. The Hall–Kier alpha value is -0.960. The Morgan fingerprint density at radius 1 is 1.17 bits per heavy atom. The largest absolute Gasteiger partial charge is 0.310 e. The Labute approximate surface area is 109 Å². The quantitative estimate of drug-likeness (QED) is 0.796. The summed E-state index contributed by atoms with van der Waals surface area (Å²) in [5.41, 5.74) is 0.801. The Kier molecular flexibility index (Phi) is 5.73. The van der Waals surface area contributed by atoms with E-state index in [9.17, 15) is 8.78 Å². The van der Waals surface area contributed by atoms with Gasteiger partial charge < -0.3 is 5.32 Å². The van der Waals surface area contributed by atoms with E-state index < -0.39 is 11.6 Å². The van der Waals surface area contributed by atoms with Gasteiger partial charge in [0.15, 0.2) is 11.6 Å². The lowest BCUT2D eigenvalue weighted by Crippen LogP contribution is -2.25. The first-order chi connectivity index (χ1) is 8.47. The molecule has 1 unspecified atom stereocenters. The van der Waals surface area contributed by atoms with Crippen LogP contribution < -0.4 is 5.32 Å². The summed E-state index contributed by atoms with van der Waals surface area (Å²) in [5, 5.41) is 3.30. The maximum Gasteiger partial charge on any atom is 0.163 e. The maximum atomic E-state index is 14.0. The molecule has 0 spiro atoms. The van der Waals surface area contributed by atoms with Crippen LogP contribution in [0.15, 0.2) is 12.1 Å². The lowest BCUT2D eigenvalue weighted by molar-refractivity contribution is 0.404. The Morgan fingerprint density at radius 3 is 2.39 bits per heavy atom. The number of hydrogen-bond acceptors (Lipinski definition) is 1. The molecule has 0 bridgehead atoms. The third-order valence-electron chi connectivity index (χ3n) is 3.03. The normalized spacial score (nSPS) is 13.1. The molecule has 1 aromatic carbocycles. The van der Waals surface area contributed by atoms with Crippen molar-refractivity contribution in [1.82, 2.24) is 5.32 Å². The van der Waals surface area contributed by atoms with Gasteiger partial charge in [-0.2, -0.15) is 0 Å². The van der Waals surface area contributed by atoms with Crippen molar-refractivity contribution in [2.24, 2.45) is 5.92 Å². The summed E-state index contributed by atoms with van der Waals surface area (Å²) in [6, 6.07) is 3.23. The number of nitrogens with one attached hydrogen (secondary N) is 1. The fraction of sp³-hybridized carbons (Fsp3) is 0.600. The molecule has 0 aliphatic heterocycles. The molecule has 0 saturated heterocycles. The number of benzene rings is 1. The van der Waals surface area contributed by atoms with E-state index >= 15 is 0 Å². The fourth-order valence-electron chi connectivity index (χ4n) is 2.04. The molecule has 0 heterocycles. The number of rotatable bonds is 6. The highest BCUT2D eigenvalue weighted by atomic mass is 19.2. The van der Waals surface area contributed by atoms with Crippen LogP contribution in [-0.2, 0) is 0 Å². The summed E-state index contributed by atoms with van der Waals surface area (Å²) in [5.74, 6) is -0.994. The first-order valence-electron chi connectivity index (χ1n) is 6.65. The average molecular weight is 255 g/mol. The van der Waals surface area contributed by atoms with Crippen molar-refractivity contribution in [2.75, 3.05) is 6.54 Å². The molecule has 0 radical (unpaired) electrons. The van der Waals surface area contributed by atoms with E-state index in [1.54, 1.807) is 19.1 Å². The molecule has 0 fully saturated rings. The van der Waals surface area contributed by atoms with Gasteiger partial charge in [0.25, 0.3) is 0 Å². The van der Waals surface area contributed by atoms with Crippen LogP contribution in [-0.4, -0.2) is 6.54 Å². The van der Waals surface area contributed by atoms with Crippen LogP contribution in [0.25, 0.3) is 0 Å². The number of hydrogen-bond donors (Lipinski definition) is 1. The standard InChI is InChI=1S/C15H23F2N/c1-5-8-18-13(9-10(2)3)12-7-6-11(4)14(16)15(12)17/h6-7,10,13,18H,5,8-9H2,1-4H3. The number of aryl methyl sites for hydroxylation is 1. The van der Waals surface area contributed by atoms with Crippen molar-refractivity contribution in [2.45, 2.75) is 46.6 Å². The van der Waals surface area contributed by atoms with Gasteiger partial charge in [-0.3, -0.25) is 0 Å². The van der Waals surface area contributed by atoms with E-state index in [1.807, 2.05) is 0 Å². The zero-order valence-corrected chi connectivity index (χ0v) is 11.7. The number of halogens is 2. The van der Waals surface area contributed by atoms with Crippen molar-refractivity contribution in [3.05, 3.63) is 34.9 Å². The molecule has 1 atom stereocenters. The Balaban J connectivity index is 3.00. The lowest BCUT2D eigenvalue weighted by atomic mass is 9.95. The minimum Gasteiger partial charge on any atom is -0.310 e. The van der Waals surface area contributed by atoms with Crippen LogP contribution in [0, 0.1) is 24.5 Å². The molecule has 1 aromatic rings. The van der Waals surface area contributed by atoms with E-state index in [0.717, 1.165) is 19.4 Å². The summed E-state index contributed by atoms with van der Waals surface area (Å²) in [6.45, 7) is 8.63. The Morgan fingerprint density at radius 2 is 1.83 bits per heavy atom. The summed E-state index contributed by atoms with van der Waals surface area (Å²) >= 11 is 0. The lowest BCUT2D eigenvalue weighted by Gasteiger charge is -2.22. The third kappa shape index (κ3) is 3.77. The van der Waals surface area contributed by atoms with Crippen LogP contribution >= 0.6 is 0 Å². The van der Waals surface area contributed by atoms with Gasteiger partial charge in [-0.15, -0.1) is 0 Å².